The van der Waals surface area contributed by atoms with Gasteiger partial charge in [-0.15, -0.1) is 11.3 Å². The quantitative estimate of drug-likeness (QED) is 0.160. The van der Waals surface area contributed by atoms with E-state index >= 15 is 0 Å². The van der Waals surface area contributed by atoms with E-state index in [1.165, 1.54) is 137 Å². The minimum Gasteiger partial charge on any atom is -0.311 e. The molecule has 0 radical (unpaired) electrons. The second-order valence-electron chi connectivity index (χ2n) is 26.7. The third-order valence-electron chi connectivity index (χ3n) is 18.1. The maximum atomic E-state index is 2.79. The molecule has 0 atom stereocenters. The van der Waals surface area contributed by atoms with Gasteiger partial charge in [-0.2, -0.15) is 0 Å². The summed E-state index contributed by atoms with van der Waals surface area (Å²) in [5, 5.41) is 1.41. The number of aryl methyl sites for hydroxylation is 2. The molecule has 0 amide bonds. The number of rotatable bonds is 2. The van der Waals surface area contributed by atoms with Crippen LogP contribution in [-0.4, -0.2) is 6.71 Å². The molecule has 4 heteroatoms. The Labute approximate surface area is 402 Å². The number of thiophene rings is 1. The monoisotopic (exact) mass is 891 g/mol. The molecule has 0 fully saturated rings. The van der Waals surface area contributed by atoms with Crippen LogP contribution in [0, 0.1) is 13.8 Å². The number of hydrogen-bond donors (Lipinski definition) is 0. The zero-order valence-corrected chi connectivity index (χ0v) is 44.4. The normalized spacial score (nSPS) is 21.1. The maximum Gasteiger partial charge on any atom is 0.264 e. The Bertz CT molecular complexity index is 3070. The molecule has 5 aliphatic rings. The van der Waals surface area contributed by atoms with Crippen LogP contribution < -0.4 is 25.5 Å². The number of hydrogen-bond acceptors (Lipinski definition) is 3. The molecule has 342 valence electrons. The zero-order valence-electron chi connectivity index (χ0n) is 43.6. The Morgan fingerprint density at radius 2 is 1.03 bits per heavy atom. The first-order chi connectivity index (χ1) is 30.6. The van der Waals surface area contributed by atoms with E-state index in [9.17, 15) is 0 Å². The molecule has 3 aliphatic carbocycles. The largest absolute Gasteiger partial charge is 0.311 e. The molecule has 2 aliphatic heterocycles. The zero-order chi connectivity index (χ0) is 47.2. The molecule has 3 heterocycles. The summed E-state index contributed by atoms with van der Waals surface area (Å²) in [5.41, 5.74) is 24.8. The maximum absolute atomic E-state index is 2.79. The molecule has 0 N–H and O–H groups in total. The Morgan fingerprint density at radius 3 is 1.64 bits per heavy atom. The van der Waals surface area contributed by atoms with Crippen LogP contribution in [0.2, 0.25) is 0 Å². The van der Waals surface area contributed by atoms with Crippen LogP contribution in [0.25, 0.3) is 10.1 Å². The molecule has 5 aromatic carbocycles. The lowest BCUT2D eigenvalue weighted by molar-refractivity contribution is 0.331. The highest BCUT2D eigenvalue weighted by molar-refractivity contribution is 7.33. The molecule has 0 bridgehead atoms. The van der Waals surface area contributed by atoms with E-state index < -0.39 is 0 Å². The van der Waals surface area contributed by atoms with Crippen molar-refractivity contribution in [2.24, 2.45) is 0 Å². The minimum absolute atomic E-state index is 0.0000967. The van der Waals surface area contributed by atoms with Gasteiger partial charge in [-0.3, -0.25) is 0 Å². The SMILES string of the molecule is Cc1cc2c3c(c1)N(c1ccc(C(C)(C)C)cc1C)c1c(sc4cc5c(cc14)C(C)(C)CCC5(C)C)B3c1ccc3c(c1N2c1ccc2c(c1)C(C)(C)CCC2(C)C)C(C)(C)CCC3(C)C. The third-order valence-corrected chi connectivity index (χ3v) is 19.3. The summed E-state index contributed by atoms with van der Waals surface area (Å²) >= 11 is 2.08. The Morgan fingerprint density at radius 1 is 0.500 bits per heavy atom. The molecule has 0 spiro atoms. The summed E-state index contributed by atoms with van der Waals surface area (Å²) in [4.78, 5) is 5.52. The average Bonchev–Trinajstić information content (AvgIpc) is 3.60. The topological polar surface area (TPSA) is 6.48 Å². The summed E-state index contributed by atoms with van der Waals surface area (Å²) in [6.07, 6.45) is 7.18. The van der Waals surface area contributed by atoms with E-state index in [4.69, 9.17) is 0 Å². The molecular formula is C62H75BN2S. The van der Waals surface area contributed by atoms with E-state index in [2.05, 4.69) is 212 Å². The second kappa shape index (κ2) is 13.7. The molecule has 2 nitrogen and oxygen atoms in total. The van der Waals surface area contributed by atoms with Gasteiger partial charge >= 0.3 is 0 Å². The number of anilines is 6. The molecule has 0 saturated carbocycles. The van der Waals surface area contributed by atoms with E-state index in [1.54, 1.807) is 11.1 Å². The van der Waals surface area contributed by atoms with Gasteiger partial charge in [0.05, 0.1) is 5.69 Å². The molecule has 66 heavy (non-hydrogen) atoms. The van der Waals surface area contributed by atoms with Gasteiger partial charge < -0.3 is 9.80 Å². The van der Waals surface area contributed by atoms with Crippen molar-refractivity contribution in [3.05, 3.63) is 123 Å². The van der Waals surface area contributed by atoms with Crippen molar-refractivity contribution < 1.29 is 0 Å². The molecule has 1 aromatic heterocycles. The van der Waals surface area contributed by atoms with Gasteiger partial charge in [0.1, 0.15) is 0 Å². The summed E-state index contributed by atoms with van der Waals surface area (Å²) in [6.45, 7) is 41.8. The van der Waals surface area contributed by atoms with Crippen molar-refractivity contribution in [2.75, 3.05) is 9.80 Å². The summed E-state index contributed by atoms with van der Waals surface area (Å²) in [7, 11) is 0. The predicted molar refractivity (Wildman–Crippen MR) is 290 cm³/mol. The summed E-state index contributed by atoms with van der Waals surface area (Å²) in [5.74, 6) is 0. The van der Waals surface area contributed by atoms with E-state index in [1.807, 2.05) is 0 Å². The third kappa shape index (κ3) is 6.24. The average molecular weight is 891 g/mol. The fourth-order valence-electron chi connectivity index (χ4n) is 13.5. The molecule has 0 unspecified atom stereocenters. The van der Waals surface area contributed by atoms with Crippen LogP contribution in [0.4, 0.5) is 34.1 Å². The van der Waals surface area contributed by atoms with Gasteiger partial charge in [-0.1, -0.05) is 134 Å². The van der Waals surface area contributed by atoms with Crippen LogP contribution >= 0.6 is 11.3 Å². The van der Waals surface area contributed by atoms with Crippen LogP contribution in [0.15, 0.2) is 72.8 Å². The first-order valence-electron chi connectivity index (χ1n) is 25.4. The summed E-state index contributed by atoms with van der Waals surface area (Å²) in [6, 6.07) is 30.5. The highest BCUT2D eigenvalue weighted by atomic mass is 32.1. The number of fused-ring (bicyclic) bond motifs is 10. The fraction of sp³-hybridized carbons (Fsp3) is 0.484. The Hall–Kier alpha value is -4.28. The lowest BCUT2D eigenvalue weighted by Gasteiger charge is -2.49. The van der Waals surface area contributed by atoms with Gasteiger partial charge in [0.2, 0.25) is 0 Å². The first-order valence-corrected chi connectivity index (χ1v) is 26.2. The molecule has 0 saturated heterocycles. The molecule has 6 aromatic rings. The minimum atomic E-state index is -0.0000967. The lowest BCUT2D eigenvalue weighted by atomic mass is 9.35. The Balaban J connectivity index is 1.29. The van der Waals surface area contributed by atoms with Crippen molar-refractivity contribution in [2.45, 2.75) is 194 Å². The highest BCUT2D eigenvalue weighted by Crippen LogP contribution is 2.57. The van der Waals surface area contributed by atoms with E-state index in [0.29, 0.717) is 0 Å². The number of nitrogens with zero attached hydrogens (tertiary/aromatic N) is 2. The van der Waals surface area contributed by atoms with Crippen LogP contribution in [-0.2, 0) is 37.9 Å². The van der Waals surface area contributed by atoms with Crippen molar-refractivity contribution >= 4 is 78.0 Å². The first kappa shape index (κ1) is 44.2. The molecular weight excluding hydrogens is 816 g/mol. The van der Waals surface area contributed by atoms with Gasteiger partial charge in [-0.25, -0.2) is 0 Å². The van der Waals surface area contributed by atoms with Crippen molar-refractivity contribution in [1.82, 2.24) is 0 Å². The predicted octanol–water partition coefficient (Wildman–Crippen LogP) is 15.9. The fourth-order valence-corrected chi connectivity index (χ4v) is 14.8. The highest BCUT2D eigenvalue weighted by Gasteiger charge is 2.50. The van der Waals surface area contributed by atoms with Crippen molar-refractivity contribution in [3.8, 4) is 0 Å². The van der Waals surface area contributed by atoms with Gasteiger partial charge in [0.15, 0.2) is 0 Å². The summed E-state index contributed by atoms with van der Waals surface area (Å²) < 4.78 is 2.91. The van der Waals surface area contributed by atoms with E-state index in [-0.39, 0.29) is 44.6 Å². The van der Waals surface area contributed by atoms with Crippen molar-refractivity contribution in [3.63, 3.8) is 0 Å². The van der Waals surface area contributed by atoms with Crippen LogP contribution in [0.3, 0.4) is 0 Å². The second-order valence-corrected chi connectivity index (χ2v) is 27.8. The number of benzene rings is 5. The Kier molecular flexibility index (Phi) is 9.19. The van der Waals surface area contributed by atoms with Crippen molar-refractivity contribution in [1.29, 1.82) is 0 Å². The standard InChI is InChI=1S/C62H75BN2S/c1-36-30-48-52-49(31-36)65(47-23-18-38(32-37(47)2)56(3,4)5)53-40-34-44-45(61(14,15)27-26-60(44,12)13)35-50(40)66-55(53)63(52)46-22-21-42-51(62(16,17)29-28-58(42,8)9)54(46)64(48)39-19-20-41-43(33-39)59(10,11)25-24-57(41,6)7/h18-23,30-35H,24-29H2,1-17H3. The van der Waals surface area contributed by atoms with Gasteiger partial charge in [0, 0.05) is 43.3 Å². The van der Waals surface area contributed by atoms with E-state index in [0.717, 1.165) is 0 Å². The van der Waals surface area contributed by atoms with Gasteiger partial charge in [0.25, 0.3) is 6.71 Å². The van der Waals surface area contributed by atoms with Crippen LogP contribution in [0.1, 0.15) is 192 Å². The van der Waals surface area contributed by atoms with Gasteiger partial charge in [-0.05, 0) is 194 Å². The smallest absolute Gasteiger partial charge is 0.264 e. The lowest BCUT2D eigenvalue weighted by Crippen LogP contribution is -2.61. The molecule has 11 rings (SSSR count). The van der Waals surface area contributed by atoms with Crippen LogP contribution in [0.5, 0.6) is 0 Å².